The van der Waals surface area contributed by atoms with E-state index in [2.05, 4.69) is 19.2 Å². The van der Waals surface area contributed by atoms with Crippen molar-refractivity contribution >= 4 is 11.9 Å². The van der Waals surface area contributed by atoms with Gasteiger partial charge < -0.3 is 15.3 Å². The van der Waals surface area contributed by atoms with Crippen molar-refractivity contribution in [2.24, 2.45) is 5.41 Å². The van der Waals surface area contributed by atoms with E-state index in [0.29, 0.717) is 13.0 Å². The molecule has 0 spiro atoms. The Kier molecular flexibility index (Phi) is 6.99. The number of aliphatic carboxylic acids is 1. The predicted octanol–water partition coefficient (Wildman–Crippen LogP) is 1.87. The second-order valence-corrected chi connectivity index (χ2v) is 6.43. The van der Waals surface area contributed by atoms with Crippen LogP contribution in [0.2, 0.25) is 0 Å². The van der Waals surface area contributed by atoms with E-state index < -0.39 is 5.97 Å². The van der Waals surface area contributed by atoms with E-state index >= 15 is 0 Å². The van der Waals surface area contributed by atoms with Crippen molar-refractivity contribution in [2.75, 3.05) is 26.2 Å². The molecular formula is C15H28N2O3. The predicted molar refractivity (Wildman–Crippen MR) is 78.6 cm³/mol. The van der Waals surface area contributed by atoms with Crippen molar-refractivity contribution in [3.63, 3.8) is 0 Å². The summed E-state index contributed by atoms with van der Waals surface area (Å²) in [5.41, 5.74) is -0.000435. The largest absolute Gasteiger partial charge is 0.481 e. The molecule has 0 radical (unpaired) electrons. The molecule has 1 fully saturated rings. The van der Waals surface area contributed by atoms with Crippen LogP contribution in [0.5, 0.6) is 0 Å². The number of hydrogen-bond donors (Lipinski definition) is 2. The quantitative estimate of drug-likeness (QED) is 0.668. The number of carbonyl (C=O) groups excluding carboxylic acids is 1. The van der Waals surface area contributed by atoms with E-state index in [1.165, 1.54) is 6.42 Å². The molecule has 5 heteroatoms. The molecule has 5 nitrogen and oxygen atoms in total. The standard InChI is InChI=1S/C15H28N2O3/c1-15(2,7-6-14(19)20)8-9-16-12-13(18)17-10-4-3-5-11-17/h16H,3-12H2,1-2H3,(H,19,20). The summed E-state index contributed by atoms with van der Waals surface area (Å²) in [4.78, 5) is 24.4. The van der Waals surface area contributed by atoms with Gasteiger partial charge in [-0.1, -0.05) is 13.8 Å². The van der Waals surface area contributed by atoms with Crippen LogP contribution in [0.3, 0.4) is 0 Å². The van der Waals surface area contributed by atoms with Crippen molar-refractivity contribution < 1.29 is 14.7 Å². The van der Waals surface area contributed by atoms with Gasteiger partial charge in [0, 0.05) is 19.5 Å². The van der Waals surface area contributed by atoms with Crippen LogP contribution in [-0.4, -0.2) is 48.1 Å². The molecule has 0 saturated carbocycles. The lowest BCUT2D eigenvalue weighted by molar-refractivity contribution is -0.137. The van der Waals surface area contributed by atoms with Crippen molar-refractivity contribution in [1.82, 2.24) is 10.2 Å². The summed E-state index contributed by atoms with van der Waals surface area (Å²) in [5, 5.41) is 11.9. The van der Waals surface area contributed by atoms with Gasteiger partial charge in [0.05, 0.1) is 6.54 Å². The van der Waals surface area contributed by atoms with Gasteiger partial charge in [-0.15, -0.1) is 0 Å². The zero-order valence-corrected chi connectivity index (χ0v) is 12.8. The summed E-state index contributed by atoms with van der Waals surface area (Å²) in [6, 6.07) is 0. The van der Waals surface area contributed by atoms with Crippen LogP contribution < -0.4 is 5.32 Å². The van der Waals surface area contributed by atoms with E-state index in [1.807, 2.05) is 4.90 Å². The van der Waals surface area contributed by atoms with Crippen LogP contribution in [0, 0.1) is 5.41 Å². The lowest BCUT2D eigenvalue weighted by atomic mass is 9.84. The Morgan fingerprint density at radius 1 is 1.15 bits per heavy atom. The first kappa shape index (κ1) is 17.0. The molecule has 0 unspecified atom stereocenters. The highest BCUT2D eigenvalue weighted by Crippen LogP contribution is 2.25. The Balaban J connectivity index is 2.13. The third-order valence-corrected chi connectivity index (χ3v) is 3.98. The molecule has 1 saturated heterocycles. The maximum atomic E-state index is 11.9. The number of nitrogens with zero attached hydrogens (tertiary/aromatic N) is 1. The van der Waals surface area contributed by atoms with E-state index in [9.17, 15) is 9.59 Å². The molecule has 0 aromatic heterocycles. The fourth-order valence-corrected chi connectivity index (χ4v) is 2.45. The third kappa shape index (κ3) is 6.89. The average molecular weight is 284 g/mol. The number of amides is 1. The average Bonchev–Trinajstić information content (AvgIpc) is 2.42. The second kappa shape index (κ2) is 8.25. The van der Waals surface area contributed by atoms with Crippen LogP contribution >= 0.6 is 0 Å². The van der Waals surface area contributed by atoms with Crippen molar-refractivity contribution in [3.8, 4) is 0 Å². The fraction of sp³-hybridized carbons (Fsp3) is 0.867. The Bertz CT molecular complexity index is 323. The number of carbonyl (C=O) groups is 2. The monoisotopic (exact) mass is 284 g/mol. The van der Waals surface area contributed by atoms with Gasteiger partial charge in [0.2, 0.25) is 5.91 Å². The zero-order valence-electron chi connectivity index (χ0n) is 12.8. The molecule has 0 atom stereocenters. The molecule has 1 aliphatic rings. The molecule has 1 aliphatic heterocycles. The highest BCUT2D eigenvalue weighted by atomic mass is 16.4. The first-order valence-corrected chi connectivity index (χ1v) is 7.61. The maximum absolute atomic E-state index is 11.9. The molecule has 1 rings (SSSR count). The number of carboxylic acids is 1. The van der Waals surface area contributed by atoms with Crippen molar-refractivity contribution in [2.45, 2.75) is 52.4 Å². The minimum Gasteiger partial charge on any atom is -0.481 e. The number of rotatable bonds is 8. The van der Waals surface area contributed by atoms with Crippen LogP contribution in [0.25, 0.3) is 0 Å². The lowest BCUT2D eigenvalue weighted by Crippen LogP contribution is -2.41. The van der Waals surface area contributed by atoms with Gasteiger partial charge in [0.1, 0.15) is 0 Å². The van der Waals surface area contributed by atoms with Crippen molar-refractivity contribution in [1.29, 1.82) is 0 Å². The Labute approximate surface area is 121 Å². The second-order valence-electron chi connectivity index (χ2n) is 6.43. The normalized spacial score (nSPS) is 16.2. The number of hydrogen-bond acceptors (Lipinski definition) is 3. The summed E-state index contributed by atoms with van der Waals surface area (Å²) in [7, 11) is 0. The number of nitrogens with one attached hydrogen (secondary N) is 1. The van der Waals surface area contributed by atoms with Crippen LogP contribution in [0.15, 0.2) is 0 Å². The fourth-order valence-electron chi connectivity index (χ4n) is 2.45. The molecule has 1 heterocycles. The van der Waals surface area contributed by atoms with E-state index in [1.54, 1.807) is 0 Å². The van der Waals surface area contributed by atoms with Gasteiger partial charge in [0.15, 0.2) is 0 Å². The molecule has 2 N–H and O–H groups in total. The van der Waals surface area contributed by atoms with E-state index in [4.69, 9.17) is 5.11 Å². The summed E-state index contributed by atoms with van der Waals surface area (Å²) in [6.07, 6.45) is 5.23. The molecule has 0 bridgehead atoms. The minimum atomic E-state index is -0.744. The maximum Gasteiger partial charge on any atom is 0.303 e. The Hall–Kier alpha value is -1.10. The molecule has 0 aromatic rings. The smallest absolute Gasteiger partial charge is 0.303 e. The third-order valence-electron chi connectivity index (χ3n) is 3.98. The Morgan fingerprint density at radius 3 is 2.40 bits per heavy atom. The molecule has 20 heavy (non-hydrogen) atoms. The van der Waals surface area contributed by atoms with E-state index in [-0.39, 0.29) is 17.7 Å². The summed E-state index contributed by atoms with van der Waals surface area (Å²) < 4.78 is 0. The van der Waals surface area contributed by atoms with Gasteiger partial charge >= 0.3 is 5.97 Å². The number of carboxylic acid groups (broad SMARTS) is 1. The van der Waals surface area contributed by atoms with Gasteiger partial charge in [-0.2, -0.15) is 0 Å². The SMILES string of the molecule is CC(C)(CCNCC(=O)N1CCCCC1)CCC(=O)O. The molecular weight excluding hydrogens is 256 g/mol. The minimum absolute atomic E-state index is 0.000435. The first-order valence-electron chi connectivity index (χ1n) is 7.61. The van der Waals surface area contributed by atoms with Gasteiger partial charge in [-0.05, 0) is 44.1 Å². The lowest BCUT2D eigenvalue weighted by Gasteiger charge is -2.27. The van der Waals surface area contributed by atoms with Crippen LogP contribution in [0.1, 0.15) is 52.4 Å². The number of likely N-dealkylation sites (tertiary alicyclic amines) is 1. The number of piperidine rings is 1. The summed E-state index contributed by atoms with van der Waals surface area (Å²) >= 11 is 0. The van der Waals surface area contributed by atoms with Crippen LogP contribution in [0.4, 0.5) is 0 Å². The molecule has 0 aliphatic carbocycles. The highest BCUT2D eigenvalue weighted by Gasteiger charge is 2.19. The Morgan fingerprint density at radius 2 is 1.80 bits per heavy atom. The summed E-state index contributed by atoms with van der Waals surface area (Å²) in [6.45, 7) is 7.09. The van der Waals surface area contributed by atoms with Gasteiger partial charge in [0.25, 0.3) is 0 Å². The van der Waals surface area contributed by atoms with E-state index in [0.717, 1.165) is 38.9 Å². The molecule has 1 amide bonds. The zero-order chi connectivity index (χ0) is 15.0. The topological polar surface area (TPSA) is 69.6 Å². The summed E-state index contributed by atoms with van der Waals surface area (Å²) in [5.74, 6) is -0.556. The van der Waals surface area contributed by atoms with Gasteiger partial charge in [-0.25, -0.2) is 0 Å². The van der Waals surface area contributed by atoms with Gasteiger partial charge in [-0.3, -0.25) is 9.59 Å². The first-order chi connectivity index (χ1) is 9.41. The molecule has 0 aromatic carbocycles. The highest BCUT2D eigenvalue weighted by molar-refractivity contribution is 5.78. The van der Waals surface area contributed by atoms with Crippen LogP contribution in [-0.2, 0) is 9.59 Å². The van der Waals surface area contributed by atoms with Crippen molar-refractivity contribution in [3.05, 3.63) is 0 Å². The molecule has 116 valence electrons.